The van der Waals surface area contributed by atoms with Crippen LogP contribution < -0.4 is 5.32 Å². The molecular weight excluding hydrogens is 348 g/mol. The van der Waals surface area contributed by atoms with E-state index in [0.717, 1.165) is 48.8 Å². The van der Waals surface area contributed by atoms with Crippen molar-refractivity contribution in [1.82, 2.24) is 15.2 Å². The Hall–Kier alpha value is -1.86. The van der Waals surface area contributed by atoms with Crippen LogP contribution in [0, 0.1) is 5.92 Å². The summed E-state index contributed by atoms with van der Waals surface area (Å²) in [6, 6.07) is 4.01. The SMILES string of the molecule is CCNC(=NCc1coc(-c2cccs2)n1)N(C)CCC1CCOCC1. The monoisotopic (exact) mass is 376 g/mol. The highest BCUT2D eigenvalue weighted by Gasteiger charge is 2.15. The molecule has 0 radical (unpaired) electrons. The fraction of sp³-hybridized carbons (Fsp3) is 0.579. The summed E-state index contributed by atoms with van der Waals surface area (Å²) in [6.07, 6.45) is 5.22. The molecule has 0 amide bonds. The third kappa shape index (κ3) is 5.32. The molecule has 1 fully saturated rings. The molecule has 0 aliphatic carbocycles. The minimum Gasteiger partial charge on any atom is -0.443 e. The van der Waals surface area contributed by atoms with E-state index in [1.807, 2.05) is 17.5 Å². The van der Waals surface area contributed by atoms with E-state index in [9.17, 15) is 0 Å². The number of nitrogens with zero attached hydrogens (tertiary/aromatic N) is 3. The average molecular weight is 377 g/mol. The van der Waals surface area contributed by atoms with Gasteiger partial charge in [0.1, 0.15) is 12.0 Å². The van der Waals surface area contributed by atoms with Crippen LogP contribution in [-0.2, 0) is 11.3 Å². The zero-order valence-electron chi connectivity index (χ0n) is 15.6. The first-order chi connectivity index (χ1) is 12.8. The van der Waals surface area contributed by atoms with E-state index >= 15 is 0 Å². The average Bonchev–Trinajstić information content (AvgIpc) is 3.35. The number of hydrogen-bond acceptors (Lipinski definition) is 5. The minimum absolute atomic E-state index is 0.513. The van der Waals surface area contributed by atoms with Crippen LogP contribution in [0.4, 0.5) is 0 Å². The third-order valence-electron chi connectivity index (χ3n) is 4.58. The van der Waals surface area contributed by atoms with Crippen molar-refractivity contribution in [3.8, 4) is 10.8 Å². The minimum atomic E-state index is 0.513. The van der Waals surface area contributed by atoms with E-state index in [2.05, 4.69) is 29.2 Å². The maximum absolute atomic E-state index is 5.57. The van der Waals surface area contributed by atoms with Crippen LogP contribution in [0.2, 0.25) is 0 Å². The Bertz CT molecular complexity index is 678. The van der Waals surface area contributed by atoms with Gasteiger partial charge in [-0.2, -0.15) is 0 Å². The van der Waals surface area contributed by atoms with Crippen LogP contribution in [0.25, 0.3) is 10.8 Å². The van der Waals surface area contributed by atoms with Gasteiger partial charge in [0.25, 0.3) is 0 Å². The lowest BCUT2D eigenvalue weighted by molar-refractivity contribution is 0.0625. The maximum atomic E-state index is 5.57. The van der Waals surface area contributed by atoms with Crippen molar-refractivity contribution in [2.75, 3.05) is 33.4 Å². The number of hydrogen-bond donors (Lipinski definition) is 1. The van der Waals surface area contributed by atoms with E-state index < -0.39 is 0 Å². The topological polar surface area (TPSA) is 62.9 Å². The summed E-state index contributed by atoms with van der Waals surface area (Å²) < 4.78 is 11.0. The fourth-order valence-electron chi connectivity index (χ4n) is 3.04. The molecule has 0 saturated carbocycles. The number of aliphatic imine (C=N–C) groups is 1. The first-order valence-electron chi connectivity index (χ1n) is 9.31. The van der Waals surface area contributed by atoms with Gasteiger partial charge in [-0.05, 0) is 43.6 Å². The van der Waals surface area contributed by atoms with Crippen molar-refractivity contribution in [2.45, 2.75) is 32.7 Å². The first-order valence-corrected chi connectivity index (χ1v) is 10.2. The number of aromatic nitrogens is 1. The zero-order chi connectivity index (χ0) is 18.2. The van der Waals surface area contributed by atoms with Crippen LogP contribution >= 0.6 is 11.3 Å². The Morgan fingerprint density at radius 3 is 3.00 bits per heavy atom. The predicted molar refractivity (Wildman–Crippen MR) is 105 cm³/mol. The maximum Gasteiger partial charge on any atom is 0.236 e. The lowest BCUT2D eigenvalue weighted by Crippen LogP contribution is -2.40. The fourth-order valence-corrected chi connectivity index (χ4v) is 3.69. The second-order valence-electron chi connectivity index (χ2n) is 6.56. The molecule has 1 aliphatic heterocycles. The summed E-state index contributed by atoms with van der Waals surface area (Å²) in [5.41, 5.74) is 0.849. The van der Waals surface area contributed by atoms with Crippen molar-refractivity contribution in [3.05, 3.63) is 29.5 Å². The second kappa shape index (κ2) is 9.73. The molecule has 0 spiro atoms. The molecular formula is C19H28N4O2S. The molecule has 6 nitrogen and oxygen atoms in total. The van der Waals surface area contributed by atoms with Crippen LogP contribution in [0.15, 0.2) is 33.2 Å². The van der Waals surface area contributed by atoms with Gasteiger partial charge in [0.2, 0.25) is 5.89 Å². The number of ether oxygens (including phenoxy) is 1. The van der Waals surface area contributed by atoms with Crippen molar-refractivity contribution >= 4 is 17.3 Å². The van der Waals surface area contributed by atoms with Crippen LogP contribution in [0.5, 0.6) is 0 Å². The molecule has 2 aromatic rings. The summed E-state index contributed by atoms with van der Waals surface area (Å²) in [6.45, 7) is 6.25. The number of oxazole rings is 1. The molecule has 7 heteroatoms. The van der Waals surface area contributed by atoms with E-state index in [1.54, 1.807) is 17.6 Å². The summed E-state index contributed by atoms with van der Waals surface area (Å²) in [4.78, 5) is 12.5. The number of rotatable bonds is 7. The third-order valence-corrected chi connectivity index (χ3v) is 5.44. The van der Waals surface area contributed by atoms with Gasteiger partial charge in [-0.3, -0.25) is 0 Å². The summed E-state index contributed by atoms with van der Waals surface area (Å²) >= 11 is 1.63. The normalized spacial score (nSPS) is 16.0. The Labute approximate surface area is 159 Å². The Morgan fingerprint density at radius 1 is 1.42 bits per heavy atom. The number of thiophene rings is 1. The first kappa shape index (κ1) is 18.9. The van der Waals surface area contributed by atoms with Gasteiger partial charge >= 0.3 is 0 Å². The predicted octanol–water partition coefficient (Wildman–Crippen LogP) is 3.62. The number of nitrogens with one attached hydrogen (secondary N) is 1. The molecule has 3 rings (SSSR count). The van der Waals surface area contributed by atoms with Crippen molar-refractivity contribution in [2.24, 2.45) is 10.9 Å². The largest absolute Gasteiger partial charge is 0.443 e. The van der Waals surface area contributed by atoms with Crippen molar-refractivity contribution in [3.63, 3.8) is 0 Å². The number of guanidine groups is 1. The summed E-state index contributed by atoms with van der Waals surface area (Å²) in [5, 5.41) is 5.39. The standard InChI is InChI=1S/C19H28N4O2S/c1-3-20-19(23(2)9-6-15-7-10-24-11-8-15)21-13-16-14-25-18(22-16)17-5-4-12-26-17/h4-5,12,14-15H,3,6-11,13H2,1-2H3,(H,20,21). The van der Waals surface area contributed by atoms with Crippen LogP contribution in [-0.4, -0.2) is 49.2 Å². The Kier molecular flexibility index (Phi) is 7.08. The van der Waals surface area contributed by atoms with E-state index in [4.69, 9.17) is 14.1 Å². The molecule has 142 valence electrons. The zero-order valence-corrected chi connectivity index (χ0v) is 16.4. The molecule has 0 bridgehead atoms. The van der Waals surface area contributed by atoms with Gasteiger partial charge < -0.3 is 19.4 Å². The van der Waals surface area contributed by atoms with Gasteiger partial charge in [0.05, 0.1) is 11.4 Å². The molecule has 26 heavy (non-hydrogen) atoms. The van der Waals surface area contributed by atoms with Crippen molar-refractivity contribution in [1.29, 1.82) is 0 Å². The highest BCUT2D eigenvalue weighted by atomic mass is 32.1. The lowest BCUT2D eigenvalue weighted by atomic mass is 9.96. The second-order valence-corrected chi connectivity index (χ2v) is 7.51. The molecule has 0 unspecified atom stereocenters. The smallest absolute Gasteiger partial charge is 0.236 e. The van der Waals surface area contributed by atoms with Gasteiger partial charge in [-0.25, -0.2) is 9.98 Å². The van der Waals surface area contributed by atoms with E-state index in [0.29, 0.717) is 12.4 Å². The Morgan fingerprint density at radius 2 is 2.27 bits per heavy atom. The van der Waals surface area contributed by atoms with Crippen LogP contribution in [0.1, 0.15) is 31.9 Å². The van der Waals surface area contributed by atoms with Crippen LogP contribution in [0.3, 0.4) is 0 Å². The lowest BCUT2D eigenvalue weighted by Gasteiger charge is -2.26. The van der Waals surface area contributed by atoms with Gasteiger partial charge in [-0.15, -0.1) is 11.3 Å². The highest BCUT2D eigenvalue weighted by molar-refractivity contribution is 7.13. The molecule has 2 aromatic heterocycles. The molecule has 3 heterocycles. The molecule has 1 N–H and O–H groups in total. The van der Waals surface area contributed by atoms with E-state index in [1.165, 1.54) is 19.3 Å². The molecule has 1 aliphatic rings. The summed E-state index contributed by atoms with van der Waals surface area (Å²) in [7, 11) is 2.10. The molecule has 1 saturated heterocycles. The van der Waals surface area contributed by atoms with Gasteiger partial charge in [-0.1, -0.05) is 6.07 Å². The molecule has 0 aromatic carbocycles. The van der Waals surface area contributed by atoms with E-state index in [-0.39, 0.29) is 0 Å². The van der Waals surface area contributed by atoms with Gasteiger partial charge in [0, 0.05) is 33.4 Å². The van der Waals surface area contributed by atoms with Crippen molar-refractivity contribution < 1.29 is 9.15 Å². The summed E-state index contributed by atoms with van der Waals surface area (Å²) in [5.74, 6) is 2.35. The molecule has 0 atom stereocenters. The quantitative estimate of drug-likeness (QED) is 0.591. The van der Waals surface area contributed by atoms with Gasteiger partial charge in [0.15, 0.2) is 5.96 Å². The highest BCUT2D eigenvalue weighted by Crippen LogP contribution is 2.23. The Balaban J connectivity index is 1.55.